The van der Waals surface area contributed by atoms with Gasteiger partial charge >= 0.3 is 12.3 Å². The lowest BCUT2D eigenvalue weighted by atomic mass is 10.1. The standard InChI is InChI=1S/C17H21F3N2O3/c1-16(2,3)25-15(24)21-13-6-7-22(9-13)14-5-4-12(17(18,19)20)8-11(14)10-23/h4-5,8,10,13H,6-7,9H2,1-3H3,(H,21,24)/t13-/m0/s1. The van der Waals surface area contributed by atoms with Gasteiger partial charge in [-0.2, -0.15) is 13.2 Å². The second-order valence-electron chi connectivity index (χ2n) is 6.97. The van der Waals surface area contributed by atoms with Crippen molar-refractivity contribution in [1.82, 2.24) is 5.32 Å². The number of rotatable bonds is 3. The van der Waals surface area contributed by atoms with Gasteiger partial charge in [-0.1, -0.05) is 0 Å². The van der Waals surface area contributed by atoms with Crippen LogP contribution in [0.2, 0.25) is 0 Å². The monoisotopic (exact) mass is 358 g/mol. The van der Waals surface area contributed by atoms with Crippen LogP contribution in [0, 0.1) is 0 Å². The number of anilines is 1. The number of nitrogens with zero attached hydrogens (tertiary/aromatic N) is 1. The number of alkyl carbamates (subject to hydrolysis) is 1. The van der Waals surface area contributed by atoms with Crippen molar-refractivity contribution in [1.29, 1.82) is 0 Å². The van der Waals surface area contributed by atoms with Crippen molar-refractivity contribution >= 4 is 18.1 Å². The third-order valence-electron chi connectivity index (χ3n) is 3.73. The van der Waals surface area contributed by atoms with Crippen LogP contribution >= 0.6 is 0 Å². The first-order valence-electron chi connectivity index (χ1n) is 7.90. The fraction of sp³-hybridized carbons (Fsp3) is 0.529. The van der Waals surface area contributed by atoms with Crippen LogP contribution in [0.4, 0.5) is 23.7 Å². The molecule has 1 aliphatic rings. The highest BCUT2D eigenvalue weighted by Crippen LogP contribution is 2.33. The summed E-state index contributed by atoms with van der Waals surface area (Å²) in [6.07, 6.45) is -4.01. The molecule has 1 aliphatic heterocycles. The molecule has 25 heavy (non-hydrogen) atoms. The molecule has 1 aromatic rings. The number of halogens is 3. The Balaban J connectivity index is 2.06. The zero-order valence-corrected chi connectivity index (χ0v) is 14.3. The predicted octanol–water partition coefficient (Wildman–Crippen LogP) is 3.62. The minimum Gasteiger partial charge on any atom is -0.444 e. The number of benzene rings is 1. The number of aldehydes is 1. The molecular weight excluding hydrogens is 337 g/mol. The molecule has 0 unspecified atom stereocenters. The highest BCUT2D eigenvalue weighted by atomic mass is 19.4. The highest BCUT2D eigenvalue weighted by molar-refractivity contribution is 5.85. The number of nitrogens with one attached hydrogen (secondary N) is 1. The van der Waals surface area contributed by atoms with Crippen LogP contribution in [0.5, 0.6) is 0 Å². The molecule has 1 saturated heterocycles. The molecule has 0 radical (unpaired) electrons. The van der Waals surface area contributed by atoms with E-state index in [4.69, 9.17) is 4.74 Å². The summed E-state index contributed by atoms with van der Waals surface area (Å²) in [5.41, 5.74) is -1.06. The minimum atomic E-state index is -4.50. The van der Waals surface area contributed by atoms with Gasteiger partial charge in [0, 0.05) is 24.3 Å². The largest absolute Gasteiger partial charge is 0.444 e. The van der Waals surface area contributed by atoms with Crippen molar-refractivity contribution in [2.45, 2.75) is 45.0 Å². The van der Waals surface area contributed by atoms with Crippen molar-refractivity contribution in [3.63, 3.8) is 0 Å². The Bertz CT molecular complexity index is 654. The van der Waals surface area contributed by atoms with Crippen LogP contribution in [-0.2, 0) is 10.9 Å². The lowest BCUT2D eigenvalue weighted by Crippen LogP contribution is -2.40. The SMILES string of the molecule is CC(C)(C)OC(=O)N[C@H]1CCN(c2ccc(C(F)(F)F)cc2C=O)C1. The first-order valence-corrected chi connectivity index (χ1v) is 7.90. The van der Waals surface area contributed by atoms with Gasteiger partial charge in [0.2, 0.25) is 0 Å². The molecule has 1 heterocycles. The van der Waals surface area contributed by atoms with E-state index in [0.717, 1.165) is 12.1 Å². The number of hydrogen-bond donors (Lipinski definition) is 1. The number of amides is 1. The zero-order valence-electron chi connectivity index (χ0n) is 14.3. The molecule has 1 N–H and O–H groups in total. The predicted molar refractivity (Wildman–Crippen MR) is 86.8 cm³/mol. The Morgan fingerprint density at radius 3 is 2.56 bits per heavy atom. The molecule has 0 aliphatic carbocycles. The van der Waals surface area contributed by atoms with Gasteiger partial charge in [0.25, 0.3) is 0 Å². The lowest BCUT2D eigenvalue weighted by molar-refractivity contribution is -0.137. The van der Waals surface area contributed by atoms with Gasteiger partial charge in [-0.05, 0) is 45.4 Å². The Labute approximate surface area is 144 Å². The average molecular weight is 358 g/mol. The highest BCUT2D eigenvalue weighted by Gasteiger charge is 2.32. The van der Waals surface area contributed by atoms with E-state index in [-0.39, 0.29) is 11.6 Å². The topological polar surface area (TPSA) is 58.6 Å². The quantitative estimate of drug-likeness (QED) is 0.839. The Hall–Kier alpha value is -2.25. The van der Waals surface area contributed by atoms with Crippen LogP contribution < -0.4 is 10.2 Å². The molecule has 1 atom stereocenters. The van der Waals surface area contributed by atoms with Gasteiger partial charge in [-0.25, -0.2) is 4.79 Å². The maximum Gasteiger partial charge on any atom is 0.416 e. The van der Waals surface area contributed by atoms with Gasteiger partial charge in [0.1, 0.15) is 5.60 Å². The van der Waals surface area contributed by atoms with Gasteiger partial charge in [0.05, 0.1) is 11.6 Å². The number of carbonyl (C=O) groups is 2. The van der Waals surface area contributed by atoms with E-state index in [0.29, 0.717) is 31.5 Å². The summed E-state index contributed by atoms with van der Waals surface area (Å²) >= 11 is 0. The molecule has 0 aromatic heterocycles. The molecule has 5 nitrogen and oxygen atoms in total. The summed E-state index contributed by atoms with van der Waals surface area (Å²) in [6, 6.07) is 2.90. The van der Waals surface area contributed by atoms with Crippen molar-refractivity contribution in [2.75, 3.05) is 18.0 Å². The number of alkyl halides is 3. The van der Waals surface area contributed by atoms with Crippen LogP contribution in [0.25, 0.3) is 0 Å². The summed E-state index contributed by atoms with van der Waals surface area (Å²) in [6.45, 7) is 6.18. The molecule has 2 rings (SSSR count). The molecular formula is C17H21F3N2O3. The van der Waals surface area contributed by atoms with Gasteiger partial charge in [-0.15, -0.1) is 0 Å². The van der Waals surface area contributed by atoms with Crippen LogP contribution in [-0.4, -0.2) is 37.1 Å². The first-order chi connectivity index (χ1) is 11.5. The number of ether oxygens (including phenoxy) is 1. The third kappa shape index (κ3) is 5.11. The van der Waals surface area contributed by atoms with Crippen LogP contribution in [0.1, 0.15) is 43.1 Å². The van der Waals surface area contributed by atoms with E-state index >= 15 is 0 Å². The molecule has 0 bridgehead atoms. The molecule has 8 heteroatoms. The normalized spacial score (nSPS) is 18.2. The van der Waals surface area contributed by atoms with E-state index in [2.05, 4.69) is 5.32 Å². The number of hydrogen-bond acceptors (Lipinski definition) is 4. The third-order valence-corrected chi connectivity index (χ3v) is 3.73. The fourth-order valence-electron chi connectivity index (χ4n) is 2.68. The van der Waals surface area contributed by atoms with E-state index in [1.807, 2.05) is 0 Å². The maximum atomic E-state index is 12.8. The summed E-state index contributed by atoms with van der Waals surface area (Å²) in [7, 11) is 0. The van der Waals surface area contributed by atoms with Crippen molar-refractivity contribution in [3.8, 4) is 0 Å². The summed E-state index contributed by atoms with van der Waals surface area (Å²) in [5, 5.41) is 2.74. The second kappa shape index (κ2) is 6.93. The smallest absolute Gasteiger partial charge is 0.416 e. The molecule has 0 spiro atoms. The van der Waals surface area contributed by atoms with Crippen molar-refractivity contribution < 1.29 is 27.5 Å². The molecule has 1 fully saturated rings. The fourth-order valence-corrected chi connectivity index (χ4v) is 2.68. The molecule has 1 amide bonds. The zero-order chi connectivity index (χ0) is 18.8. The Kier molecular flexibility index (Phi) is 5.29. The first kappa shape index (κ1) is 19.1. The van der Waals surface area contributed by atoms with E-state index in [9.17, 15) is 22.8 Å². The van der Waals surface area contributed by atoms with Crippen molar-refractivity contribution in [2.24, 2.45) is 0 Å². The maximum absolute atomic E-state index is 12.8. The minimum absolute atomic E-state index is 0.0206. The van der Waals surface area contributed by atoms with Crippen LogP contribution in [0.3, 0.4) is 0 Å². The van der Waals surface area contributed by atoms with Gasteiger partial charge in [-0.3, -0.25) is 4.79 Å². The second-order valence-corrected chi connectivity index (χ2v) is 6.97. The number of carbonyl (C=O) groups excluding carboxylic acids is 2. The van der Waals surface area contributed by atoms with E-state index in [1.165, 1.54) is 6.07 Å². The average Bonchev–Trinajstić information content (AvgIpc) is 2.91. The molecule has 1 aromatic carbocycles. The molecule has 0 saturated carbocycles. The Morgan fingerprint density at radius 2 is 2.00 bits per heavy atom. The van der Waals surface area contributed by atoms with Crippen LogP contribution in [0.15, 0.2) is 18.2 Å². The van der Waals surface area contributed by atoms with Crippen molar-refractivity contribution in [3.05, 3.63) is 29.3 Å². The summed E-state index contributed by atoms with van der Waals surface area (Å²) in [4.78, 5) is 24.8. The van der Waals surface area contributed by atoms with Gasteiger partial charge in [0.15, 0.2) is 6.29 Å². The van der Waals surface area contributed by atoms with E-state index < -0.39 is 23.4 Å². The molecule has 138 valence electrons. The lowest BCUT2D eigenvalue weighted by Gasteiger charge is -2.23. The summed E-state index contributed by atoms with van der Waals surface area (Å²) < 4.78 is 43.5. The Morgan fingerprint density at radius 1 is 1.32 bits per heavy atom. The van der Waals surface area contributed by atoms with Gasteiger partial charge < -0.3 is 15.0 Å². The summed E-state index contributed by atoms with van der Waals surface area (Å²) in [5.74, 6) is 0. The van der Waals surface area contributed by atoms with E-state index in [1.54, 1.807) is 25.7 Å².